The van der Waals surface area contributed by atoms with E-state index in [2.05, 4.69) is 229 Å². The zero-order chi connectivity index (χ0) is 44.1. The Labute approximate surface area is 380 Å². The van der Waals surface area contributed by atoms with Crippen LogP contribution in [0.2, 0.25) is 0 Å². The average Bonchev–Trinajstić information content (AvgIpc) is 4.15. The fourth-order valence-electron chi connectivity index (χ4n) is 12.3. The minimum atomic E-state index is 0.0180. The third-order valence-corrected chi connectivity index (χ3v) is 15.3. The molecule has 0 saturated heterocycles. The minimum Gasteiger partial charge on any atom is -0.309 e. The van der Waals surface area contributed by atoms with Crippen molar-refractivity contribution < 1.29 is 0 Å². The summed E-state index contributed by atoms with van der Waals surface area (Å²) in [7, 11) is 0. The highest BCUT2D eigenvalue weighted by molar-refractivity contribution is 6.40. The van der Waals surface area contributed by atoms with Gasteiger partial charge in [-0.05, 0) is 94.8 Å². The first-order chi connectivity index (χ1) is 32.0. The van der Waals surface area contributed by atoms with E-state index in [-0.39, 0.29) is 10.8 Å². The van der Waals surface area contributed by atoms with Gasteiger partial charge in [0.25, 0.3) is 0 Å². The van der Waals surface area contributed by atoms with Crippen LogP contribution in [0.1, 0.15) is 52.7 Å². The summed E-state index contributed by atoms with van der Waals surface area (Å²) in [5.41, 5.74) is 17.6. The Morgan fingerprint density at radius 3 is 1.09 bits per heavy atom. The molecule has 6 heterocycles. The quantitative estimate of drug-likeness (QED) is 0.165. The number of para-hydroxylation sites is 4. The van der Waals surface area contributed by atoms with Gasteiger partial charge in [-0.15, -0.1) is 0 Å². The molecular weight excluding hydrogens is 801 g/mol. The van der Waals surface area contributed by atoms with Crippen molar-refractivity contribution in [2.24, 2.45) is 0 Å². The molecule has 15 rings (SSSR count). The van der Waals surface area contributed by atoms with Crippen molar-refractivity contribution in [1.82, 2.24) is 17.9 Å². The van der Waals surface area contributed by atoms with Crippen LogP contribution in [0.5, 0.6) is 0 Å². The lowest BCUT2D eigenvalue weighted by Gasteiger charge is -2.20. The van der Waals surface area contributed by atoms with Gasteiger partial charge in [-0.25, -0.2) is 0 Å². The van der Waals surface area contributed by atoms with Crippen LogP contribution in [0.25, 0.3) is 131 Å². The number of hydrogen-bond acceptors (Lipinski definition) is 0. The molecule has 0 bridgehead atoms. The first kappa shape index (κ1) is 36.5. The molecule has 0 amide bonds. The molecule has 0 saturated carbocycles. The maximum Gasteiger partial charge on any atom is 0.0628 e. The number of hydrogen-bond donors (Lipinski definition) is 0. The smallest absolute Gasteiger partial charge is 0.0628 e. The summed E-state index contributed by atoms with van der Waals surface area (Å²) in [4.78, 5) is 0. The van der Waals surface area contributed by atoms with Crippen LogP contribution in [-0.2, 0) is 10.8 Å². The van der Waals surface area contributed by atoms with Crippen LogP contribution in [0, 0.1) is 0 Å². The van der Waals surface area contributed by atoms with Crippen molar-refractivity contribution in [1.29, 1.82) is 0 Å². The van der Waals surface area contributed by atoms with Crippen LogP contribution in [0.4, 0.5) is 0 Å². The highest BCUT2D eigenvalue weighted by atomic mass is 15.0. The van der Waals surface area contributed by atoms with Gasteiger partial charge in [0, 0.05) is 76.0 Å². The predicted octanol–water partition coefficient (Wildman–Crippen LogP) is 16.8. The first-order valence-electron chi connectivity index (χ1n) is 23.4. The molecule has 0 aliphatic heterocycles. The van der Waals surface area contributed by atoms with E-state index >= 15 is 0 Å². The highest BCUT2D eigenvalue weighted by Crippen LogP contribution is 2.51. The number of rotatable bonds is 2. The van der Waals surface area contributed by atoms with E-state index in [4.69, 9.17) is 0 Å². The number of nitrogens with zero attached hydrogens (tertiary/aromatic N) is 4. The van der Waals surface area contributed by atoms with Crippen molar-refractivity contribution in [3.63, 3.8) is 0 Å². The lowest BCUT2D eigenvalue weighted by atomic mass is 9.87. The third-order valence-electron chi connectivity index (χ3n) is 15.3. The van der Waals surface area contributed by atoms with Gasteiger partial charge < -0.3 is 17.9 Å². The molecule has 15 aromatic rings. The molecule has 0 N–H and O–H groups in total. The van der Waals surface area contributed by atoms with Crippen molar-refractivity contribution >= 4 is 120 Å². The molecule has 0 aliphatic rings. The summed E-state index contributed by atoms with van der Waals surface area (Å²) in [5.74, 6) is 0. The topological polar surface area (TPSA) is 18.7 Å². The molecule has 0 fully saturated rings. The van der Waals surface area contributed by atoms with E-state index in [1.165, 1.54) is 142 Å². The molecule has 0 unspecified atom stereocenters. The molecule has 4 heteroatoms. The van der Waals surface area contributed by atoms with Gasteiger partial charge >= 0.3 is 0 Å². The van der Waals surface area contributed by atoms with E-state index in [9.17, 15) is 0 Å². The molecule has 66 heavy (non-hydrogen) atoms. The molecule has 314 valence electrons. The van der Waals surface area contributed by atoms with E-state index in [0.717, 1.165) is 0 Å². The Hall–Kier alpha value is -7.82. The summed E-state index contributed by atoms with van der Waals surface area (Å²) < 4.78 is 10.2. The largest absolute Gasteiger partial charge is 0.309 e. The second-order valence-electron chi connectivity index (χ2n) is 21.0. The number of aromatic nitrogens is 4. The molecular formula is C62H46N4. The van der Waals surface area contributed by atoms with Gasteiger partial charge in [0.05, 0.1) is 55.2 Å². The maximum atomic E-state index is 2.58. The zero-order valence-corrected chi connectivity index (χ0v) is 38.0. The molecule has 0 spiro atoms. The average molecular weight is 847 g/mol. The summed E-state index contributed by atoms with van der Waals surface area (Å²) in [6.45, 7) is 13.8. The van der Waals surface area contributed by atoms with Gasteiger partial charge in [-0.2, -0.15) is 0 Å². The lowest BCUT2D eigenvalue weighted by molar-refractivity contribution is 0.589. The van der Waals surface area contributed by atoms with Gasteiger partial charge in [0.2, 0.25) is 0 Å². The molecule has 0 atom stereocenters. The van der Waals surface area contributed by atoms with Crippen molar-refractivity contribution in [2.75, 3.05) is 0 Å². The van der Waals surface area contributed by atoms with E-state index in [1.54, 1.807) is 0 Å². The maximum absolute atomic E-state index is 2.58. The van der Waals surface area contributed by atoms with Crippen molar-refractivity contribution in [2.45, 2.75) is 52.4 Å². The molecule has 6 aromatic heterocycles. The van der Waals surface area contributed by atoms with Crippen LogP contribution in [0.3, 0.4) is 0 Å². The van der Waals surface area contributed by atoms with Crippen LogP contribution in [0.15, 0.2) is 170 Å². The van der Waals surface area contributed by atoms with E-state index in [1.807, 2.05) is 0 Å². The number of benzene rings is 9. The Morgan fingerprint density at radius 1 is 0.273 bits per heavy atom. The van der Waals surface area contributed by atoms with E-state index < -0.39 is 0 Å². The summed E-state index contributed by atoms with van der Waals surface area (Å²) in [5, 5.41) is 15.5. The van der Waals surface area contributed by atoms with Gasteiger partial charge in [-0.3, -0.25) is 0 Å². The van der Waals surface area contributed by atoms with Gasteiger partial charge in [-0.1, -0.05) is 139 Å². The SMILES string of the molecule is CC(C)(C)c1cccc(-n2c3ccccc3c3c4c5cc6c7c8c9ccccc9n(-c9cccc(C(C)(C)C)c9)c8cc8c9ccccc9n(c6cc5n5c6ccccc6c(cc32)c45)c87)c1. The molecule has 0 aliphatic carbocycles. The molecule has 0 radical (unpaired) electrons. The van der Waals surface area contributed by atoms with Crippen LogP contribution in [-0.4, -0.2) is 17.9 Å². The number of fused-ring (bicyclic) bond motifs is 20. The summed E-state index contributed by atoms with van der Waals surface area (Å²) >= 11 is 0. The predicted molar refractivity (Wildman–Crippen MR) is 282 cm³/mol. The summed E-state index contributed by atoms with van der Waals surface area (Å²) in [6, 6.07) is 64.7. The van der Waals surface area contributed by atoms with Gasteiger partial charge in [0.1, 0.15) is 0 Å². The Bertz CT molecular complexity index is 4300. The standard InChI is InChI=1S/C62H46N4/c1-61(2,3)35-17-15-19-37(29-35)63-49-27-13-9-23-41(49)55-53(63)32-43-39-21-7-11-25-47(39)65-51-34-52-46(31-45(51)57(55)59(43)65)58-56-42-24-10-14-28-50(42)64(38-20-16-18-36(30-38)62(4,5)6)54(56)33-44-40-22-8-12-26-48(40)66(52)60(44)58/h7-34H,1-6H3. The molecule has 4 nitrogen and oxygen atoms in total. The third kappa shape index (κ3) is 4.44. The highest BCUT2D eigenvalue weighted by Gasteiger charge is 2.29. The van der Waals surface area contributed by atoms with Crippen molar-refractivity contribution in [3.8, 4) is 11.4 Å². The lowest BCUT2D eigenvalue weighted by Crippen LogP contribution is -2.11. The second kappa shape index (κ2) is 12.1. The second-order valence-corrected chi connectivity index (χ2v) is 21.0. The molecule has 9 aromatic carbocycles. The van der Waals surface area contributed by atoms with Crippen LogP contribution < -0.4 is 0 Å². The normalized spacial score (nSPS) is 13.3. The van der Waals surface area contributed by atoms with Crippen LogP contribution >= 0.6 is 0 Å². The Kier molecular flexibility index (Phi) is 6.69. The van der Waals surface area contributed by atoms with Gasteiger partial charge in [0.15, 0.2) is 0 Å². The Morgan fingerprint density at radius 2 is 0.667 bits per heavy atom. The van der Waals surface area contributed by atoms with Crippen molar-refractivity contribution in [3.05, 3.63) is 181 Å². The summed E-state index contributed by atoms with van der Waals surface area (Å²) in [6.07, 6.45) is 0. The minimum absolute atomic E-state index is 0.0180. The fraction of sp³-hybridized carbons (Fsp3) is 0.129. The fourth-order valence-corrected chi connectivity index (χ4v) is 12.3. The first-order valence-corrected chi connectivity index (χ1v) is 23.4. The Balaban J connectivity index is 1.18. The monoisotopic (exact) mass is 846 g/mol. The zero-order valence-electron chi connectivity index (χ0n) is 38.0. The van der Waals surface area contributed by atoms with E-state index in [0.29, 0.717) is 0 Å².